The van der Waals surface area contributed by atoms with Crippen LogP contribution in [0.25, 0.3) is 0 Å². The first-order chi connectivity index (χ1) is 7.36. The molecule has 0 fully saturated rings. The summed E-state index contributed by atoms with van der Waals surface area (Å²) in [5.74, 6) is 0.0449. The summed E-state index contributed by atoms with van der Waals surface area (Å²) in [5, 5.41) is 9.08. The third-order valence-electron chi connectivity index (χ3n) is 2.42. The SMILES string of the molecule is CC(C)[C@@H](CO)NS(=O)(=O)c1ccn(C)c1. The number of nitrogens with one attached hydrogen (secondary N) is 1. The van der Waals surface area contributed by atoms with Crippen molar-refractivity contribution in [2.75, 3.05) is 6.61 Å². The second kappa shape index (κ2) is 4.99. The van der Waals surface area contributed by atoms with E-state index in [-0.39, 0.29) is 17.4 Å². The lowest BCUT2D eigenvalue weighted by Crippen LogP contribution is -2.40. The summed E-state index contributed by atoms with van der Waals surface area (Å²) in [5.41, 5.74) is 0. The average molecular weight is 246 g/mol. The number of hydrogen-bond acceptors (Lipinski definition) is 3. The summed E-state index contributed by atoms with van der Waals surface area (Å²) >= 11 is 0. The number of aliphatic hydroxyl groups excluding tert-OH is 1. The molecule has 0 radical (unpaired) electrons. The minimum atomic E-state index is -3.53. The van der Waals surface area contributed by atoms with Gasteiger partial charge in [-0.25, -0.2) is 13.1 Å². The van der Waals surface area contributed by atoms with Crippen LogP contribution < -0.4 is 4.72 Å². The maximum Gasteiger partial charge on any atom is 0.242 e. The molecule has 0 saturated heterocycles. The Balaban J connectivity index is 2.87. The lowest BCUT2D eigenvalue weighted by Gasteiger charge is -2.19. The van der Waals surface area contributed by atoms with Gasteiger partial charge in [-0.05, 0) is 12.0 Å². The van der Waals surface area contributed by atoms with Gasteiger partial charge in [0.2, 0.25) is 10.0 Å². The first kappa shape index (κ1) is 13.2. The largest absolute Gasteiger partial charge is 0.395 e. The van der Waals surface area contributed by atoms with Crippen molar-refractivity contribution in [2.24, 2.45) is 13.0 Å². The van der Waals surface area contributed by atoms with E-state index in [1.54, 1.807) is 17.8 Å². The molecule has 1 atom stereocenters. The molecule has 1 aromatic rings. The molecule has 0 spiro atoms. The predicted octanol–water partition coefficient (Wildman–Crippen LogP) is 0.320. The molecular formula is C10H18N2O3S. The summed E-state index contributed by atoms with van der Waals surface area (Å²) in [4.78, 5) is 0.217. The minimum absolute atomic E-state index is 0.0449. The molecule has 0 unspecified atom stereocenters. The van der Waals surface area contributed by atoms with Crippen LogP contribution >= 0.6 is 0 Å². The summed E-state index contributed by atoms with van der Waals surface area (Å²) in [6.45, 7) is 3.51. The monoisotopic (exact) mass is 246 g/mol. The van der Waals surface area contributed by atoms with Crippen LogP contribution in [-0.2, 0) is 17.1 Å². The molecule has 5 nitrogen and oxygen atoms in total. The van der Waals surface area contributed by atoms with E-state index < -0.39 is 16.1 Å². The Kier molecular flexibility index (Phi) is 4.12. The molecule has 1 rings (SSSR count). The van der Waals surface area contributed by atoms with E-state index in [0.717, 1.165) is 0 Å². The van der Waals surface area contributed by atoms with Crippen LogP contribution in [0.5, 0.6) is 0 Å². The highest BCUT2D eigenvalue weighted by molar-refractivity contribution is 7.89. The molecule has 0 amide bonds. The van der Waals surface area contributed by atoms with Crippen LogP contribution in [0.2, 0.25) is 0 Å². The second-order valence-electron chi connectivity index (χ2n) is 4.17. The molecule has 0 saturated carbocycles. The lowest BCUT2D eigenvalue weighted by atomic mass is 10.1. The van der Waals surface area contributed by atoms with E-state index in [1.807, 2.05) is 13.8 Å². The zero-order chi connectivity index (χ0) is 12.3. The van der Waals surface area contributed by atoms with Crippen LogP contribution in [0.3, 0.4) is 0 Å². The fourth-order valence-corrected chi connectivity index (χ4v) is 2.71. The summed E-state index contributed by atoms with van der Waals surface area (Å²) < 4.78 is 27.9. The maximum atomic E-state index is 11.9. The summed E-state index contributed by atoms with van der Waals surface area (Å²) in [7, 11) is -1.77. The normalized spacial score (nSPS) is 14.3. The molecule has 0 aliphatic heterocycles. The van der Waals surface area contributed by atoms with Crippen molar-refractivity contribution in [3.63, 3.8) is 0 Å². The van der Waals surface area contributed by atoms with Crippen LogP contribution in [-0.4, -0.2) is 30.7 Å². The van der Waals surface area contributed by atoms with Crippen molar-refractivity contribution < 1.29 is 13.5 Å². The smallest absolute Gasteiger partial charge is 0.242 e. The second-order valence-corrected chi connectivity index (χ2v) is 5.88. The van der Waals surface area contributed by atoms with E-state index in [4.69, 9.17) is 5.11 Å². The van der Waals surface area contributed by atoms with Crippen molar-refractivity contribution in [3.8, 4) is 0 Å². The Hall–Kier alpha value is -0.850. The van der Waals surface area contributed by atoms with Crippen LogP contribution in [0.15, 0.2) is 23.4 Å². The molecule has 92 valence electrons. The molecule has 2 N–H and O–H groups in total. The molecule has 0 bridgehead atoms. The van der Waals surface area contributed by atoms with Crippen molar-refractivity contribution in [2.45, 2.75) is 24.8 Å². The number of aliphatic hydroxyl groups is 1. The number of hydrogen-bond donors (Lipinski definition) is 2. The highest BCUT2D eigenvalue weighted by Crippen LogP contribution is 2.11. The first-order valence-corrected chi connectivity index (χ1v) is 6.60. The molecule has 0 aliphatic carbocycles. The fraction of sp³-hybridized carbons (Fsp3) is 0.600. The molecular weight excluding hydrogens is 228 g/mol. The highest BCUT2D eigenvalue weighted by Gasteiger charge is 2.22. The Morgan fingerprint density at radius 3 is 2.50 bits per heavy atom. The van der Waals surface area contributed by atoms with Crippen molar-refractivity contribution in [1.82, 2.24) is 9.29 Å². The Bertz CT molecular complexity index is 437. The molecule has 0 aliphatic rings. The van der Waals surface area contributed by atoms with Gasteiger partial charge in [-0.2, -0.15) is 0 Å². The topological polar surface area (TPSA) is 71.3 Å². The maximum absolute atomic E-state index is 11.9. The van der Waals surface area contributed by atoms with Crippen LogP contribution in [0.1, 0.15) is 13.8 Å². The quantitative estimate of drug-likeness (QED) is 0.786. The van der Waals surface area contributed by atoms with Gasteiger partial charge >= 0.3 is 0 Å². The van der Waals surface area contributed by atoms with Gasteiger partial charge in [-0.3, -0.25) is 0 Å². The standard InChI is InChI=1S/C10H18N2O3S/c1-8(2)10(7-13)11-16(14,15)9-4-5-12(3)6-9/h4-6,8,10-11,13H,7H2,1-3H3/t10-/m1/s1. The number of sulfonamides is 1. The minimum Gasteiger partial charge on any atom is -0.395 e. The van der Waals surface area contributed by atoms with Gasteiger partial charge in [-0.15, -0.1) is 0 Å². The molecule has 1 heterocycles. The predicted molar refractivity (Wildman–Crippen MR) is 61.4 cm³/mol. The van der Waals surface area contributed by atoms with Gasteiger partial charge in [0.25, 0.3) is 0 Å². The van der Waals surface area contributed by atoms with Crippen LogP contribution in [0, 0.1) is 5.92 Å². The summed E-state index contributed by atoms with van der Waals surface area (Å²) in [6.07, 6.45) is 3.19. The Morgan fingerprint density at radius 2 is 2.12 bits per heavy atom. The Labute approximate surface area is 96.1 Å². The van der Waals surface area contributed by atoms with Gasteiger partial charge < -0.3 is 9.67 Å². The molecule has 6 heteroatoms. The zero-order valence-corrected chi connectivity index (χ0v) is 10.5. The van der Waals surface area contributed by atoms with Crippen molar-refractivity contribution in [1.29, 1.82) is 0 Å². The van der Waals surface area contributed by atoms with Gasteiger partial charge in [0.15, 0.2) is 0 Å². The average Bonchev–Trinajstić information content (AvgIpc) is 2.61. The molecule has 16 heavy (non-hydrogen) atoms. The van der Waals surface area contributed by atoms with Gasteiger partial charge in [0.1, 0.15) is 0 Å². The van der Waals surface area contributed by atoms with E-state index in [1.165, 1.54) is 12.3 Å². The zero-order valence-electron chi connectivity index (χ0n) is 9.71. The van der Waals surface area contributed by atoms with E-state index in [0.29, 0.717) is 0 Å². The number of aryl methyl sites for hydroxylation is 1. The number of nitrogens with zero attached hydrogens (tertiary/aromatic N) is 1. The van der Waals surface area contributed by atoms with E-state index in [2.05, 4.69) is 4.72 Å². The van der Waals surface area contributed by atoms with Gasteiger partial charge in [0, 0.05) is 25.5 Å². The Morgan fingerprint density at radius 1 is 1.50 bits per heavy atom. The third-order valence-corrected chi connectivity index (χ3v) is 3.90. The van der Waals surface area contributed by atoms with Crippen molar-refractivity contribution in [3.05, 3.63) is 18.5 Å². The lowest BCUT2D eigenvalue weighted by molar-refractivity contribution is 0.227. The number of rotatable bonds is 5. The van der Waals surface area contributed by atoms with Gasteiger partial charge in [-0.1, -0.05) is 13.8 Å². The van der Waals surface area contributed by atoms with E-state index >= 15 is 0 Å². The molecule has 0 aromatic carbocycles. The third kappa shape index (κ3) is 3.07. The highest BCUT2D eigenvalue weighted by atomic mass is 32.2. The van der Waals surface area contributed by atoms with Gasteiger partial charge in [0.05, 0.1) is 11.5 Å². The fourth-order valence-electron chi connectivity index (χ4n) is 1.29. The molecule has 1 aromatic heterocycles. The van der Waals surface area contributed by atoms with E-state index in [9.17, 15) is 8.42 Å². The first-order valence-electron chi connectivity index (χ1n) is 5.12. The van der Waals surface area contributed by atoms with Crippen molar-refractivity contribution >= 4 is 10.0 Å². The summed E-state index contributed by atoms with van der Waals surface area (Å²) in [6, 6.07) is 1.07. The number of aromatic nitrogens is 1. The van der Waals surface area contributed by atoms with Crippen LogP contribution in [0.4, 0.5) is 0 Å².